The fraction of sp³-hybridized carbons (Fsp3) is 0.400. The van der Waals surface area contributed by atoms with Gasteiger partial charge in [-0.1, -0.05) is 30.7 Å². The van der Waals surface area contributed by atoms with Crippen molar-refractivity contribution in [1.29, 1.82) is 0 Å². The number of hydrogen-bond acceptors (Lipinski definition) is 1. The zero-order chi connectivity index (χ0) is 11.6. The van der Waals surface area contributed by atoms with E-state index in [1.165, 1.54) is 12.1 Å². The molecule has 6 heteroatoms. The lowest BCUT2D eigenvalue weighted by Crippen LogP contribution is -2.13. The summed E-state index contributed by atoms with van der Waals surface area (Å²) in [5.74, 6) is 0. The molecule has 1 atom stereocenters. The lowest BCUT2D eigenvalue weighted by Gasteiger charge is -2.15. The second-order valence-electron chi connectivity index (χ2n) is 3.22. The molecule has 1 rings (SSSR count). The molecule has 0 amide bonds. The Morgan fingerprint density at radius 1 is 1.38 bits per heavy atom. The number of alkyl halides is 3. The first-order valence-electron chi connectivity index (χ1n) is 4.49. The molecule has 0 saturated heterocycles. The van der Waals surface area contributed by atoms with Gasteiger partial charge in [0.25, 0.3) is 0 Å². The molecule has 0 spiro atoms. The second-order valence-corrected chi connectivity index (χ2v) is 3.60. The Bertz CT molecular complexity index is 352. The van der Waals surface area contributed by atoms with Crippen LogP contribution in [0.4, 0.5) is 13.2 Å². The van der Waals surface area contributed by atoms with E-state index in [0.717, 1.165) is 6.07 Å². The number of halogens is 5. The summed E-state index contributed by atoms with van der Waals surface area (Å²) in [5, 5.41) is -0.292. The highest BCUT2D eigenvalue weighted by Crippen LogP contribution is 2.37. The fourth-order valence-corrected chi connectivity index (χ4v) is 1.65. The van der Waals surface area contributed by atoms with E-state index in [9.17, 15) is 13.2 Å². The van der Waals surface area contributed by atoms with Crippen molar-refractivity contribution in [3.63, 3.8) is 0 Å². The van der Waals surface area contributed by atoms with Gasteiger partial charge < -0.3 is 5.73 Å². The molecule has 0 radical (unpaired) electrons. The van der Waals surface area contributed by atoms with Crippen LogP contribution in [0.3, 0.4) is 0 Å². The predicted molar refractivity (Wildman–Crippen MR) is 60.9 cm³/mol. The molecule has 1 unspecified atom stereocenters. The third-order valence-electron chi connectivity index (χ3n) is 2.17. The monoisotopic (exact) mass is 273 g/mol. The second kappa shape index (κ2) is 5.75. The van der Waals surface area contributed by atoms with Crippen molar-refractivity contribution in [2.45, 2.75) is 25.6 Å². The first kappa shape index (κ1) is 15.5. The molecule has 0 aliphatic rings. The van der Waals surface area contributed by atoms with Gasteiger partial charge in [-0.3, -0.25) is 0 Å². The summed E-state index contributed by atoms with van der Waals surface area (Å²) in [6.07, 6.45) is -3.89. The van der Waals surface area contributed by atoms with Crippen molar-refractivity contribution in [1.82, 2.24) is 0 Å². The zero-order valence-corrected chi connectivity index (χ0v) is 10.1. The molecule has 0 heterocycles. The van der Waals surface area contributed by atoms with Gasteiger partial charge >= 0.3 is 6.18 Å². The molecule has 0 aliphatic carbocycles. The third kappa shape index (κ3) is 3.27. The van der Waals surface area contributed by atoms with Crippen LogP contribution in [-0.2, 0) is 6.18 Å². The van der Waals surface area contributed by atoms with Gasteiger partial charge in [-0.2, -0.15) is 13.2 Å². The quantitative estimate of drug-likeness (QED) is 0.859. The van der Waals surface area contributed by atoms with Crippen molar-refractivity contribution in [3.05, 3.63) is 34.3 Å². The molecule has 16 heavy (non-hydrogen) atoms. The van der Waals surface area contributed by atoms with Crippen molar-refractivity contribution in [2.24, 2.45) is 5.73 Å². The molecule has 1 nitrogen and oxygen atoms in total. The average Bonchev–Trinajstić information content (AvgIpc) is 2.15. The van der Waals surface area contributed by atoms with Crippen LogP contribution in [0.2, 0.25) is 5.02 Å². The van der Waals surface area contributed by atoms with Gasteiger partial charge in [-0.05, 0) is 18.1 Å². The van der Waals surface area contributed by atoms with Crippen molar-refractivity contribution < 1.29 is 13.2 Å². The highest BCUT2D eigenvalue weighted by Gasteiger charge is 2.34. The van der Waals surface area contributed by atoms with Gasteiger partial charge in [0.15, 0.2) is 0 Å². The first-order valence-corrected chi connectivity index (χ1v) is 4.87. The molecule has 0 aliphatic heterocycles. The van der Waals surface area contributed by atoms with Crippen LogP contribution >= 0.6 is 24.0 Å². The van der Waals surface area contributed by atoms with Crippen LogP contribution in [0.15, 0.2) is 18.2 Å². The van der Waals surface area contributed by atoms with Gasteiger partial charge in [-0.25, -0.2) is 0 Å². The minimum absolute atomic E-state index is 0. The largest absolute Gasteiger partial charge is 0.417 e. The standard InChI is InChI=1S/C10H11ClF3N.ClH/c1-2-8(15)6-4-3-5-7(9(6)11)10(12,13)14;/h3-5,8H,2,15H2,1H3;1H. The Kier molecular flexibility index (Phi) is 5.59. The highest BCUT2D eigenvalue weighted by atomic mass is 35.5. The van der Waals surface area contributed by atoms with E-state index in [-0.39, 0.29) is 17.4 Å². The summed E-state index contributed by atoms with van der Waals surface area (Å²) in [6.45, 7) is 1.79. The summed E-state index contributed by atoms with van der Waals surface area (Å²) in [7, 11) is 0. The summed E-state index contributed by atoms with van der Waals surface area (Å²) >= 11 is 5.67. The maximum atomic E-state index is 12.5. The zero-order valence-electron chi connectivity index (χ0n) is 8.51. The number of nitrogens with two attached hydrogens (primary N) is 1. The van der Waals surface area contributed by atoms with Gasteiger partial charge in [0.05, 0.1) is 10.6 Å². The maximum absolute atomic E-state index is 12.5. The van der Waals surface area contributed by atoms with E-state index in [2.05, 4.69) is 0 Å². The number of benzene rings is 1. The molecule has 0 aromatic heterocycles. The Labute approximate surface area is 103 Å². The minimum Gasteiger partial charge on any atom is -0.324 e. The normalized spacial score (nSPS) is 13.1. The lowest BCUT2D eigenvalue weighted by atomic mass is 10.0. The number of hydrogen-bond donors (Lipinski definition) is 1. The van der Waals surface area contributed by atoms with Gasteiger partial charge in [0.2, 0.25) is 0 Å². The Balaban J connectivity index is 0.00000225. The summed E-state index contributed by atoms with van der Waals surface area (Å²) in [5.41, 5.74) is 5.17. The van der Waals surface area contributed by atoms with Crippen LogP contribution in [0.1, 0.15) is 30.5 Å². The topological polar surface area (TPSA) is 26.0 Å². The summed E-state index contributed by atoms with van der Waals surface area (Å²) in [6, 6.07) is 3.33. The van der Waals surface area contributed by atoms with Gasteiger partial charge in [-0.15, -0.1) is 12.4 Å². The first-order chi connectivity index (χ1) is 6.88. The van der Waals surface area contributed by atoms with E-state index in [1.54, 1.807) is 6.92 Å². The summed E-state index contributed by atoms with van der Waals surface area (Å²) in [4.78, 5) is 0. The minimum atomic E-state index is -4.43. The van der Waals surface area contributed by atoms with Crippen LogP contribution in [0.5, 0.6) is 0 Å². The Morgan fingerprint density at radius 2 is 1.94 bits per heavy atom. The highest BCUT2D eigenvalue weighted by molar-refractivity contribution is 6.32. The number of rotatable bonds is 2. The van der Waals surface area contributed by atoms with E-state index in [0.29, 0.717) is 12.0 Å². The predicted octanol–water partition coefficient (Wildman–Crippen LogP) is 4.19. The molecule has 1 aromatic rings. The van der Waals surface area contributed by atoms with Crippen molar-refractivity contribution in [2.75, 3.05) is 0 Å². The van der Waals surface area contributed by atoms with Gasteiger partial charge in [0.1, 0.15) is 0 Å². The Morgan fingerprint density at radius 3 is 2.38 bits per heavy atom. The fourth-order valence-electron chi connectivity index (χ4n) is 1.28. The van der Waals surface area contributed by atoms with E-state index in [4.69, 9.17) is 17.3 Å². The smallest absolute Gasteiger partial charge is 0.324 e. The van der Waals surface area contributed by atoms with Crippen LogP contribution in [-0.4, -0.2) is 0 Å². The molecule has 0 saturated carbocycles. The van der Waals surface area contributed by atoms with Crippen molar-refractivity contribution in [3.8, 4) is 0 Å². The lowest BCUT2D eigenvalue weighted by molar-refractivity contribution is -0.137. The molecular weight excluding hydrogens is 262 g/mol. The maximum Gasteiger partial charge on any atom is 0.417 e. The van der Waals surface area contributed by atoms with E-state index >= 15 is 0 Å². The summed E-state index contributed by atoms with van der Waals surface area (Å²) < 4.78 is 37.4. The van der Waals surface area contributed by atoms with E-state index < -0.39 is 17.8 Å². The SMILES string of the molecule is CCC(N)c1cccc(C(F)(F)F)c1Cl.Cl. The molecule has 0 bridgehead atoms. The molecule has 1 aromatic carbocycles. The van der Waals surface area contributed by atoms with Crippen LogP contribution in [0, 0.1) is 0 Å². The van der Waals surface area contributed by atoms with Gasteiger partial charge in [0, 0.05) is 6.04 Å². The average molecular weight is 274 g/mol. The Hall–Kier alpha value is -0.450. The van der Waals surface area contributed by atoms with Crippen LogP contribution < -0.4 is 5.73 Å². The van der Waals surface area contributed by atoms with Crippen molar-refractivity contribution >= 4 is 24.0 Å². The molecular formula is C10H12Cl2F3N. The third-order valence-corrected chi connectivity index (χ3v) is 2.60. The molecule has 0 fully saturated rings. The molecule has 2 N–H and O–H groups in total. The van der Waals surface area contributed by atoms with E-state index in [1.807, 2.05) is 0 Å². The van der Waals surface area contributed by atoms with Crippen LogP contribution in [0.25, 0.3) is 0 Å². The molecule has 92 valence electrons.